The number of nitrogens with zero attached hydrogens (tertiary/aromatic N) is 5. The van der Waals surface area contributed by atoms with Gasteiger partial charge in [-0.1, -0.05) is 55.5 Å². The van der Waals surface area contributed by atoms with E-state index in [-0.39, 0.29) is 11.4 Å². The largest absolute Gasteiger partial charge is 0.468 e. The van der Waals surface area contributed by atoms with Crippen LogP contribution in [0.15, 0.2) is 106 Å². The molecule has 0 bridgehead atoms. The zero-order chi connectivity index (χ0) is 28.2. The molecule has 0 fully saturated rings. The summed E-state index contributed by atoms with van der Waals surface area (Å²) < 4.78 is 21.3. The average molecular weight is 549 g/mol. The zero-order valence-electron chi connectivity index (χ0n) is 22.6. The molecule has 1 N–H and O–H groups in total. The molecule has 0 saturated carbocycles. The first-order chi connectivity index (χ1) is 20.1. The Morgan fingerprint density at radius 1 is 0.927 bits per heavy atom. The second kappa shape index (κ2) is 11.7. The maximum absolute atomic E-state index is 13.8. The second-order valence-corrected chi connectivity index (χ2v) is 10.0. The molecule has 3 heterocycles. The van der Waals surface area contributed by atoms with Gasteiger partial charge < -0.3 is 9.40 Å². The summed E-state index contributed by atoms with van der Waals surface area (Å²) in [5.74, 6) is 0.913. The van der Waals surface area contributed by atoms with Gasteiger partial charge in [0.25, 0.3) is 5.56 Å². The molecule has 0 spiro atoms. The van der Waals surface area contributed by atoms with Crippen LogP contribution in [0.5, 0.6) is 0 Å². The van der Waals surface area contributed by atoms with Crippen molar-refractivity contribution in [1.29, 1.82) is 0 Å². The molecule has 0 saturated heterocycles. The van der Waals surface area contributed by atoms with Gasteiger partial charge in [0, 0.05) is 17.6 Å². The number of halogens is 1. The second-order valence-electron chi connectivity index (χ2n) is 10.0. The fourth-order valence-corrected chi connectivity index (χ4v) is 5.14. The van der Waals surface area contributed by atoms with E-state index in [1.54, 1.807) is 23.1 Å². The molecule has 3 aromatic heterocycles. The Bertz CT molecular complexity index is 1800. The van der Waals surface area contributed by atoms with Crippen LogP contribution in [0.4, 0.5) is 4.39 Å². The third kappa shape index (κ3) is 5.85. The van der Waals surface area contributed by atoms with Crippen LogP contribution < -0.4 is 5.56 Å². The van der Waals surface area contributed by atoms with Gasteiger partial charge in [0.15, 0.2) is 5.82 Å². The molecule has 1 unspecified atom stereocenters. The number of hydrogen-bond donors (Lipinski definition) is 1. The van der Waals surface area contributed by atoms with E-state index in [1.165, 1.54) is 17.7 Å². The summed E-state index contributed by atoms with van der Waals surface area (Å²) in [5.41, 5.74) is 4.09. The molecule has 9 heteroatoms. The Morgan fingerprint density at radius 3 is 2.49 bits per heavy atom. The number of nitrogens with one attached hydrogen (secondary N) is 1. The van der Waals surface area contributed by atoms with Crippen LogP contribution in [0.25, 0.3) is 10.9 Å². The van der Waals surface area contributed by atoms with Crippen molar-refractivity contribution in [2.75, 3.05) is 0 Å². The number of hydrogen-bond acceptors (Lipinski definition) is 6. The number of tetrazole rings is 1. The van der Waals surface area contributed by atoms with Crippen LogP contribution in [0.1, 0.15) is 46.8 Å². The Labute approximate surface area is 236 Å². The van der Waals surface area contributed by atoms with Gasteiger partial charge in [-0.3, -0.25) is 9.69 Å². The van der Waals surface area contributed by atoms with Gasteiger partial charge in [0.05, 0.1) is 19.4 Å². The number of rotatable bonds is 10. The fourth-order valence-electron chi connectivity index (χ4n) is 5.14. The number of aryl methyl sites for hydroxylation is 1. The van der Waals surface area contributed by atoms with Crippen LogP contribution in [-0.2, 0) is 26.1 Å². The lowest BCUT2D eigenvalue weighted by molar-refractivity contribution is 0.179. The van der Waals surface area contributed by atoms with Gasteiger partial charge in [-0.2, -0.15) is 0 Å². The van der Waals surface area contributed by atoms with Crippen molar-refractivity contribution < 1.29 is 8.81 Å². The molecule has 0 aliphatic rings. The molecule has 0 aliphatic heterocycles. The molecule has 3 aromatic carbocycles. The average Bonchev–Trinajstić information content (AvgIpc) is 3.67. The molecule has 0 aliphatic carbocycles. The number of benzene rings is 3. The fraction of sp³-hybridized carbons (Fsp3) is 0.188. The van der Waals surface area contributed by atoms with E-state index in [9.17, 15) is 9.18 Å². The van der Waals surface area contributed by atoms with Gasteiger partial charge in [-0.15, -0.1) is 5.10 Å². The van der Waals surface area contributed by atoms with Crippen molar-refractivity contribution >= 4 is 10.9 Å². The number of aromatic nitrogens is 5. The van der Waals surface area contributed by atoms with Gasteiger partial charge in [-0.25, -0.2) is 9.07 Å². The lowest BCUT2D eigenvalue weighted by Crippen LogP contribution is -2.34. The Kier molecular flexibility index (Phi) is 7.51. The van der Waals surface area contributed by atoms with Crippen LogP contribution in [-0.4, -0.2) is 30.1 Å². The summed E-state index contributed by atoms with van der Waals surface area (Å²) in [6.07, 6.45) is 2.49. The summed E-state index contributed by atoms with van der Waals surface area (Å²) in [4.78, 5) is 18.9. The summed E-state index contributed by atoms with van der Waals surface area (Å²) in [5, 5.41) is 13.7. The van der Waals surface area contributed by atoms with Crippen LogP contribution >= 0.6 is 0 Å². The van der Waals surface area contributed by atoms with E-state index in [4.69, 9.17) is 4.42 Å². The topological polar surface area (TPSA) is 92.8 Å². The highest BCUT2D eigenvalue weighted by Crippen LogP contribution is 2.31. The predicted octanol–water partition coefficient (Wildman–Crippen LogP) is 5.65. The molecule has 0 radical (unpaired) electrons. The van der Waals surface area contributed by atoms with Crippen LogP contribution in [0.3, 0.4) is 0 Å². The lowest BCUT2D eigenvalue weighted by Gasteiger charge is -2.30. The molecule has 6 rings (SSSR count). The van der Waals surface area contributed by atoms with Gasteiger partial charge in [0.2, 0.25) is 0 Å². The number of H-pyrrole nitrogens is 1. The van der Waals surface area contributed by atoms with Gasteiger partial charge >= 0.3 is 0 Å². The predicted molar refractivity (Wildman–Crippen MR) is 154 cm³/mol. The third-order valence-electron chi connectivity index (χ3n) is 7.22. The minimum absolute atomic E-state index is 0.232. The van der Waals surface area contributed by atoms with Crippen molar-refractivity contribution in [3.63, 3.8) is 0 Å². The summed E-state index contributed by atoms with van der Waals surface area (Å²) in [6.45, 7) is 3.27. The molecule has 6 aromatic rings. The van der Waals surface area contributed by atoms with Crippen LogP contribution in [0, 0.1) is 5.82 Å². The van der Waals surface area contributed by atoms with Crippen LogP contribution in [0.2, 0.25) is 0 Å². The smallest absolute Gasteiger partial charge is 0.253 e. The van der Waals surface area contributed by atoms with Crippen molar-refractivity contribution in [2.24, 2.45) is 0 Å². The summed E-state index contributed by atoms with van der Waals surface area (Å²) in [6, 6.07) is 27.3. The van der Waals surface area contributed by atoms with Crippen molar-refractivity contribution in [3.8, 4) is 0 Å². The molecular weight excluding hydrogens is 519 g/mol. The van der Waals surface area contributed by atoms with E-state index in [2.05, 4.69) is 38.4 Å². The van der Waals surface area contributed by atoms with Gasteiger partial charge in [-0.05, 0) is 81.4 Å². The lowest BCUT2D eigenvalue weighted by atomic mass is 10.0. The van der Waals surface area contributed by atoms with Crippen molar-refractivity contribution in [3.05, 3.63) is 147 Å². The Hall–Kier alpha value is -4.89. The molecular formula is C32H29FN6O2. The highest BCUT2D eigenvalue weighted by molar-refractivity contribution is 5.80. The SMILES string of the molecule is CCc1ccc2[nH]c(=O)c(C(c3nnnn3Cc3ccccc3)N(Cc3ccc(F)cc3)Cc3ccco3)cc2c1. The van der Waals surface area contributed by atoms with E-state index in [0.717, 1.165) is 28.5 Å². The third-order valence-corrected chi connectivity index (χ3v) is 7.22. The minimum Gasteiger partial charge on any atom is -0.468 e. The van der Waals surface area contributed by atoms with Gasteiger partial charge in [0.1, 0.15) is 17.6 Å². The van der Waals surface area contributed by atoms with E-state index in [0.29, 0.717) is 36.8 Å². The number of fused-ring (bicyclic) bond motifs is 1. The first-order valence-corrected chi connectivity index (χ1v) is 13.5. The molecule has 1 atom stereocenters. The first-order valence-electron chi connectivity index (χ1n) is 13.5. The molecule has 8 nitrogen and oxygen atoms in total. The number of aromatic amines is 1. The van der Waals surface area contributed by atoms with Crippen molar-refractivity contribution in [1.82, 2.24) is 30.1 Å². The standard InChI is InChI=1S/C32H29FN6O2/c1-2-22-12-15-29-25(17-22)18-28(32(40)34-29)30(31-35-36-37-39(31)20-23-7-4-3-5-8-23)38(21-27-9-6-16-41-27)19-24-10-13-26(33)14-11-24/h3-18,30H,2,19-21H2,1H3,(H,34,40). The Balaban J connectivity index is 1.52. The maximum atomic E-state index is 13.8. The highest BCUT2D eigenvalue weighted by atomic mass is 19.1. The quantitative estimate of drug-likeness (QED) is 0.238. The highest BCUT2D eigenvalue weighted by Gasteiger charge is 2.31. The first kappa shape index (κ1) is 26.3. The van der Waals surface area contributed by atoms with E-state index in [1.807, 2.05) is 60.7 Å². The van der Waals surface area contributed by atoms with Crippen molar-refractivity contribution in [2.45, 2.75) is 39.0 Å². The summed E-state index contributed by atoms with van der Waals surface area (Å²) >= 11 is 0. The molecule has 206 valence electrons. The molecule has 41 heavy (non-hydrogen) atoms. The Morgan fingerprint density at radius 2 is 1.73 bits per heavy atom. The molecule has 0 amide bonds. The normalized spacial score (nSPS) is 12.3. The van der Waals surface area contributed by atoms with E-state index >= 15 is 0 Å². The summed E-state index contributed by atoms with van der Waals surface area (Å²) in [7, 11) is 0. The number of pyridine rings is 1. The van der Waals surface area contributed by atoms with E-state index < -0.39 is 6.04 Å². The monoisotopic (exact) mass is 548 g/mol. The maximum Gasteiger partial charge on any atom is 0.253 e. The minimum atomic E-state index is -0.651. The zero-order valence-corrected chi connectivity index (χ0v) is 22.6. The number of furan rings is 1.